The average molecular weight is 250 g/mol. The minimum atomic E-state index is -0.438. The summed E-state index contributed by atoms with van der Waals surface area (Å²) < 4.78 is 15.7. The van der Waals surface area contributed by atoms with Crippen molar-refractivity contribution in [2.75, 3.05) is 19.8 Å². The lowest BCUT2D eigenvalue weighted by Gasteiger charge is -2.14. The van der Waals surface area contributed by atoms with Crippen LogP contribution in [-0.4, -0.2) is 31.9 Å². The van der Waals surface area contributed by atoms with Gasteiger partial charge in [0.05, 0.1) is 13.2 Å². The summed E-state index contributed by atoms with van der Waals surface area (Å²) in [5.41, 5.74) is 0. The van der Waals surface area contributed by atoms with Crippen LogP contribution in [0.4, 0.5) is 0 Å². The smallest absolute Gasteiger partial charge is 0.330 e. The van der Waals surface area contributed by atoms with Gasteiger partial charge in [0.25, 0.3) is 0 Å². The molecule has 0 heterocycles. The maximum Gasteiger partial charge on any atom is 0.330 e. The second-order valence-corrected chi connectivity index (χ2v) is 3.69. The van der Waals surface area contributed by atoms with E-state index in [1.165, 1.54) is 0 Å². The molecule has 0 bridgehead atoms. The van der Waals surface area contributed by atoms with Gasteiger partial charge in [-0.15, -0.1) is 0 Å². The molecule has 1 aromatic carbocycles. The monoisotopic (exact) mass is 250 g/mol. The molecule has 1 aromatic rings. The molecule has 0 saturated heterocycles. The van der Waals surface area contributed by atoms with E-state index < -0.39 is 5.97 Å². The number of para-hydroxylation sites is 1. The Bertz CT molecular complexity index is 361. The van der Waals surface area contributed by atoms with Crippen LogP contribution in [0.2, 0.25) is 0 Å². The van der Waals surface area contributed by atoms with Crippen molar-refractivity contribution in [2.24, 2.45) is 0 Å². The summed E-state index contributed by atoms with van der Waals surface area (Å²) in [6, 6.07) is 9.54. The maximum atomic E-state index is 10.7. The van der Waals surface area contributed by atoms with Gasteiger partial charge in [-0.1, -0.05) is 24.8 Å². The van der Waals surface area contributed by atoms with Crippen molar-refractivity contribution in [3.8, 4) is 5.75 Å². The quantitative estimate of drug-likeness (QED) is 0.403. The van der Waals surface area contributed by atoms with E-state index in [9.17, 15) is 4.79 Å². The normalized spacial score (nSPS) is 11.6. The molecule has 1 atom stereocenters. The lowest BCUT2D eigenvalue weighted by molar-refractivity contribution is -0.139. The molecule has 0 aromatic heterocycles. The van der Waals surface area contributed by atoms with Crippen molar-refractivity contribution in [1.82, 2.24) is 0 Å². The first kappa shape index (κ1) is 14.3. The lowest BCUT2D eigenvalue weighted by Crippen LogP contribution is -2.20. The molecule has 18 heavy (non-hydrogen) atoms. The van der Waals surface area contributed by atoms with Crippen molar-refractivity contribution >= 4 is 5.97 Å². The number of esters is 1. The average Bonchev–Trinajstić information content (AvgIpc) is 2.39. The minimum Gasteiger partial charge on any atom is -0.488 e. The second-order valence-electron chi connectivity index (χ2n) is 3.69. The van der Waals surface area contributed by atoms with E-state index >= 15 is 0 Å². The molecule has 1 unspecified atom stereocenters. The van der Waals surface area contributed by atoms with Crippen LogP contribution in [0.3, 0.4) is 0 Å². The van der Waals surface area contributed by atoms with Crippen molar-refractivity contribution in [1.29, 1.82) is 0 Å². The van der Waals surface area contributed by atoms with Gasteiger partial charge in [0, 0.05) is 6.08 Å². The first-order valence-corrected chi connectivity index (χ1v) is 5.81. The van der Waals surface area contributed by atoms with Gasteiger partial charge >= 0.3 is 5.97 Å². The summed E-state index contributed by atoms with van der Waals surface area (Å²) in [7, 11) is 0. The number of hydrogen-bond acceptors (Lipinski definition) is 4. The Kier molecular flexibility index (Phi) is 6.58. The molecule has 0 spiro atoms. The fourth-order valence-corrected chi connectivity index (χ4v) is 1.27. The highest BCUT2D eigenvalue weighted by Crippen LogP contribution is 2.10. The van der Waals surface area contributed by atoms with E-state index in [4.69, 9.17) is 14.2 Å². The molecule has 0 amide bonds. The summed E-state index contributed by atoms with van der Waals surface area (Å²) in [5, 5.41) is 0. The molecule has 0 aliphatic rings. The third kappa shape index (κ3) is 6.06. The van der Waals surface area contributed by atoms with Gasteiger partial charge in [-0.05, 0) is 19.1 Å². The predicted molar refractivity (Wildman–Crippen MR) is 68.5 cm³/mol. The highest BCUT2D eigenvalue weighted by molar-refractivity contribution is 5.81. The SMILES string of the molecule is C=CC(=O)OCCOCC(C)Oc1ccccc1. The summed E-state index contributed by atoms with van der Waals surface area (Å²) >= 11 is 0. The Morgan fingerprint density at radius 2 is 2.06 bits per heavy atom. The fraction of sp³-hybridized carbons (Fsp3) is 0.357. The molecule has 0 saturated carbocycles. The Labute approximate surface area is 107 Å². The Hall–Kier alpha value is -1.81. The van der Waals surface area contributed by atoms with Crippen LogP contribution in [0.1, 0.15) is 6.92 Å². The molecule has 0 radical (unpaired) electrons. The van der Waals surface area contributed by atoms with Gasteiger partial charge in [0.15, 0.2) is 0 Å². The highest BCUT2D eigenvalue weighted by Gasteiger charge is 2.04. The van der Waals surface area contributed by atoms with Crippen molar-refractivity contribution < 1.29 is 19.0 Å². The van der Waals surface area contributed by atoms with E-state index in [0.29, 0.717) is 13.2 Å². The molecule has 1 rings (SSSR count). The Morgan fingerprint density at radius 3 is 2.72 bits per heavy atom. The van der Waals surface area contributed by atoms with Gasteiger partial charge in [0.1, 0.15) is 18.5 Å². The molecule has 0 N–H and O–H groups in total. The molecule has 0 aliphatic carbocycles. The number of benzene rings is 1. The van der Waals surface area contributed by atoms with Crippen LogP contribution in [0.25, 0.3) is 0 Å². The summed E-state index contributed by atoms with van der Waals surface area (Å²) in [6.45, 7) is 6.24. The van der Waals surface area contributed by atoms with E-state index in [1.54, 1.807) is 0 Å². The molecule has 98 valence electrons. The zero-order chi connectivity index (χ0) is 13.2. The molecule has 0 aliphatic heterocycles. The van der Waals surface area contributed by atoms with Gasteiger partial charge in [0.2, 0.25) is 0 Å². The number of rotatable bonds is 8. The molecule has 4 nitrogen and oxygen atoms in total. The Morgan fingerprint density at radius 1 is 1.33 bits per heavy atom. The van der Waals surface area contributed by atoms with Crippen LogP contribution >= 0.6 is 0 Å². The van der Waals surface area contributed by atoms with Crippen LogP contribution < -0.4 is 4.74 Å². The number of carbonyl (C=O) groups is 1. The molecular formula is C14H18O4. The van der Waals surface area contributed by atoms with Crippen molar-refractivity contribution in [2.45, 2.75) is 13.0 Å². The number of carbonyl (C=O) groups excluding carboxylic acids is 1. The van der Waals surface area contributed by atoms with Crippen molar-refractivity contribution in [3.63, 3.8) is 0 Å². The second kappa shape index (κ2) is 8.31. The van der Waals surface area contributed by atoms with Crippen molar-refractivity contribution in [3.05, 3.63) is 43.0 Å². The standard InChI is InChI=1S/C14H18O4/c1-3-14(15)17-10-9-16-11-12(2)18-13-7-5-4-6-8-13/h3-8,12H,1,9-11H2,2H3. The number of ether oxygens (including phenoxy) is 3. The topological polar surface area (TPSA) is 44.8 Å². The number of hydrogen-bond donors (Lipinski definition) is 0. The fourth-order valence-electron chi connectivity index (χ4n) is 1.27. The lowest BCUT2D eigenvalue weighted by atomic mass is 10.3. The molecule has 4 heteroatoms. The van der Waals surface area contributed by atoms with Crippen LogP contribution in [0.15, 0.2) is 43.0 Å². The summed E-state index contributed by atoms with van der Waals surface area (Å²) in [6.07, 6.45) is 1.07. The van der Waals surface area contributed by atoms with Gasteiger partial charge < -0.3 is 14.2 Å². The summed E-state index contributed by atoms with van der Waals surface area (Å²) in [5.74, 6) is 0.374. The van der Waals surface area contributed by atoms with E-state index in [0.717, 1.165) is 11.8 Å². The van der Waals surface area contributed by atoms with Crippen LogP contribution in [-0.2, 0) is 14.3 Å². The van der Waals surface area contributed by atoms with Gasteiger partial charge in [-0.3, -0.25) is 0 Å². The zero-order valence-electron chi connectivity index (χ0n) is 10.5. The summed E-state index contributed by atoms with van der Waals surface area (Å²) in [4.78, 5) is 10.7. The van der Waals surface area contributed by atoms with Gasteiger partial charge in [-0.25, -0.2) is 4.79 Å². The minimum absolute atomic E-state index is 0.0532. The first-order chi connectivity index (χ1) is 8.72. The molecule has 0 fully saturated rings. The van der Waals surface area contributed by atoms with E-state index in [2.05, 4.69) is 6.58 Å². The highest BCUT2D eigenvalue weighted by atomic mass is 16.6. The van der Waals surface area contributed by atoms with E-state index in [-0.39, 0.29) is 12.7 Å². The predicted octanol–water partition coefficient (Wildman–Crippen LogP) is 2.20. The third-order valence-corrected chi connectivity index (χ3v) is 2.07. The van der Waals surface area contributed by atoms with Crippen LogP contribution in [0.5, 0.6) is 5.75 Å². The van der Waals surface area contributed by atoms with Crippen LogP contribution in [0, 0.1) is 0 Å². The zero-order valence-corrected chi connectivity index (χ0v) is 10.5. The first-order valence-electron chi connectivity index (χ1n) is 5.81. The van der Waals surface area contributed by atoms with Gasteiger partial charge in [-0.2, -0.15) is 0 Å². The maximum absolute atomic E-state index is 10.7. The molecular weight excluding hydrogens is 232 g/mol. The van der Waals surface area contributed by atoms with E-state index in [1.807, 2.05) is 37.3 Å². The third-order valence-electron chi connectivity index (χ3n) is 2.07. The Balaban J connectivity index is 2.09. The largest absolute Gasteiger partial charge is 0.488 e.